The Balaban J connectivity index is 1.42. The molecule has 0 saturated heterocycles. The van der Waals surface area contributed by atoms with E-state index in [-0.39, 0.29) is 18.9 Å². The number of ether oxygens (including phenoxy) is 2. The van der Waals surface area contributed by atoms with Gasteiger partial charge in [0.05, 0.1) is 10.6 Å². The molecule has 0 aliphatic heterocycles. The van der Waals surface area contributed by atoms with Gasteiger partial charge in [-0.15, -0.1) is 0 Å². The molecule has 0 aliphatic carbocycles. The number of nitrogens with zero attached hydrogens (tertiary/aromatic N) is 2. The summed E-state index contributed by atoms with van der Waals surface area (Å²) in [6.07, 6.45) is 5.67. The van der Waals surface area contributed by atoms with Gasteiger partial charge in [0.2, 0.25) is 0 Å². The van der Waals surface area contributed by atoms with Gasteiger partial charge in [-0.2, -0.15) is 0 Å². The van der Waals surface area contributed by atoms with Crippen molar-refractivity contribution in [1.29, 1.82) is 0 Å². The number of non-ortho nitro benzene ring substituents is 1. The van der Waals surface area contributed by atoms with Crippen molar-refractivity contribution in [3.05, 3.63) is 124 Å². The van der Waals surface area contributed by atoms with Crippen molar-refractivity contribution in [2.24, 2.45) is 4.99 Å². The summed E-state index contributed by atoms with van der Waals surface area (Å²) in [4.78, 5) is 26.6. The average Bonchev–Trinajstić information content (AvgIpc) is 2.93. The standard InChI is InChI=1S/C31H26N2O5/c1-22(2)31(34)38-20-19-37-30-8-4-5-27-28(30)6-3-7-29(27)32-21-25-13-11-23(12-14-25)9-10-24-15-17-26(18-16-24)33(35)36/h3-18,21H,1,19-20H2,2H3/b10-9+,32-21?. The van der Waals surface area contributed by atoms with Gasteiger partial charge in [0.1, 0.15) is 19.0 Å². The van der Waals surface area contributed by atoms with Crippen molar-refractivity contribution in [3.8, 4) is 5.75 Å². The van der Waals surface area contributed by atoms with Crippen molar-refractivity contribution < 1.29 is 19.2 Å². The molecular formula is C31H26N2O5. The van der Waals surface area contributed by atoms with E-state index in [0.29, 0.717) is 11.3 Å². The summed E-state index contributed by atoms with van der Waals surface area (Å²) in [7, 11) is 0. The van der Waals surface area contributed by atoms with Gasteiger partial charge in [0.25, 0.3) is 5.69 Å². The number of carbonyl (C=O) groups is 1. The van der Waals surface area contributed by atoms with E-state index >= 15 is 0 Å². The molecule has 0 amide bonds. The van der Waals surface area contributed by atoms with Crippen LogP contribution in [0.1, 0.15) is 23.6 Å². The average molecular weight is 507 g/mol. The number of aliphatic imine (C=N–C) groups is 1. The van der Waals surface area contributed by atoms with Gasteiger partial charge in [-0.25, -0.2) is 4.79 Å². The molecule has 0 fully saturated rings. The Morgan fingerprint density at radius 1 is 0.868 bits per heavy atom. The van der Waals surface area contributed by atoms with Crippen LogP contribution in [-0.2, 0) is 9.53 Å². The fourth-order valence-corrected chi connectivity index (χ4v) is 3.65. The van der Waals surface area contributed by atoms with E-state index in [1.165, 1.54) is 12.1 Å². The zero-order valence-corrected chi connectivity index (χ0v) is 20.9. The first-order chi connectivity index (χ1) is 18.4. The number of nitro groups is 1. The highest BCUT2D eigenvalue weighted by molar-refractivity contribution is 5.98. The minimum atomic E-state index is -0.434. The predicted molar refractivity (Wildman–Crippen MR) is 151 cm³/mol. The van der Waals surface area contributed by atoms with E-state index in [1.807, 2.05) is 79.0 Å². The molecule has 7 nitrogen and oxygen atoms in total. The van der Waals surface area contributed by atoms with Gasteiger partial charge in [-0.1, -0.05) is 67.3 Å². The minimum absolute atomic E-state index is 0.0716. The number of fused-ring (bicyclic) bond motifs is 1. The van der Waals surface area contributed by atoms with Gasteiger partial charge >= 0.3 is 5.97 Å². The lowest BCUT2D eigenvalue weighted by Gasteiger charge is -2.11. The first-order valence-electron chi connectivity index (χ1n) is 11.9. The first-order valence-corrected chi connectivity index (χ1v) is 11.9. The normalized spacial score (nSPS) is 11.2. The lowest BCUT2D eigenvalue weighted by atomic mass is 10.1. The molecule has 0 bridgehead atoms. The number of benzene rings is 4. The molecule has 190 valence electrons. The van der Waals surface area contributed by atoms with Gasteiger partial charge in [-0.05, 0) is 47.9 Å². The molecule has 0 radical (unpaired) electrons. The Morgan fingerprint density at radius 3 is 2.13 bits per heavy atom. The maximum Gasteiger partial charge on any atom is 0.333 e. The van der Waals surface area contributed by atoms with E-state index in [2.05, 4.69) is 6.58 Å². The summed E-state index contributed by atoms with van der Waals surface area (Å²) in [6.45, 7) is 5.54. The second-order valence-corrected chi connectivity index (χ2v) is 8.50. The fourth-order valence-electron chi connectivity index (χ4n) is 3.65. The molecule has 0 aromatic heterocycles. The third kappa shape index (κ3) is 6.79. The number of rotatable bonds is 10. The van der Waals surface area contributed by atoms with Gasteiger partial charge < -0.3 is 9.47 Å². The SMILES string of the molecule is C=C(C)C(=O)OCCOc1cccc2c(N=Cc3ccc(/C=C/c4ccc([N+](=O)[O-])cc4)cc3)cccc12. The second-order valence-electron chi connectivity index (χ2n) is 8.50. The van der Waals surface area contributed by atoms with Crippen LogP contribution in [0.4, 0.5) is 11.4 Å². The summed E-state index contributed by atoms with van der Waals surface area (Å²) in [5.41, 5.74) is 4.06. The third-order valence-electron chi connectivity index (χ3n) is 5.64. The van der Waals surface area contributed by atoms with Crippen molar-refractivity contribution >= 4 is 46.5 Å². The summed E-state index contributed by atoms with van der Waals surface area (Å²) >= 11 is 0. The summed E-state index contributed by atoms with van der Waals surface area (Å²) in [5.74, 6) is 0.256. The molecule has 0 spiro atoms. The van der Waals surface area contributed by atoms with E-state index < -0.39 is 10.9 Å². The van der Waals surface area contributed by atoms with Crippen LogP contribution in [0.3, 0.4) is 0 Å². The zero-order chi connectivity index (χ0) is 26.9. The molecule has 0 heterocycles. The molecule has 0 aliphatic rings. The smallest absolute Gasteiger partial charge is 0.333 e. The predicted octanol–water partition coefficient (Wildman–Crippen LogP) is 7.17. The van der Waals surface area contributed by atoms with E-state index in [4.69, 9.17) is 14.5 Å². The largest absolute Gasteiger partial charge is 0.489 e. The highest BCUT2D eigenvalue weighted by atomic mass is 16.6. The maximum absolute atomic E-state index is 11.5. The summed E-state index contributed by atoms with van der Waals surface area (Å²) in [5, 5.41) is 12.7. The van der Waals surface area contributed by atoms with Crippen LogP contribution in [0.25, 0.3) is 22.9 Å². The van der Waals surface area contributed by atoms with Crippen LogP contribution in [0.2, 0.25) is 0 Å². The highest BCUT2D eigenvalue weighted by Gasteiger charge is 2.07. The lowest BCUT2D eigenvalue weighted by Crippen LogP contribution is -2.12. The number of hydrogen-bond donors (Lipinski definition) is 0. The Kier molecular flexibility index (Phi) is 8.41. The molecular weight excluding hydrogens is 480 g/mol. The molecule has 0 saturated carbocycles. The zero-order valence-electron chi connectivity index (χ0n) is 20.9. The molecule has 0 atom stereocenters. The minimum Gasteiger partial charge on any atom is -0.489 e. The summed E-state index contributed by atoms with van der Waals surface area (Å²) < 4.78 is 10.9. The van der Waals surface area contributed by atoms with Crippen LogP contribution in [-0.4, -0.2) is 30.3 Å². The molecule has 38 heavy (non-hydrogen) atoms. The summed E-state index contributed by atoms with van der Waals surface area (Å²) in [6, 6.07) is 25.9. The van der Waals surface area contributed by atoms with Crippen LogP contribution in [0, 0.1) is 10.1 Å². The number of nitro benzene ring substituents is 1. The molecule has 0 N–H and O–H groups in total. The lowest BCUT2D eigenvalue weighted by molar-refractivity contribution is -0.384. The molecule has 4 rings (SSSR count). The molecule has 0 unspecified atom stereocenters. The molecule has 7 heteroatoms. The van der Waals surface area contributed by atoms with Crippen molar-refractivity contribution in [3.63, 3.8) is 0 Å². The number of esters is 1. The van der Waals surface area contributed by atoms with E-state index in [1.54, 1.807) is 19.1 Å². The van der Waals surface area contributed by atoms with Crippen molar-refractivity contribution in [2.45, 2.75) is 6.92 Å². The Labute approximate surface area is 220 Å². The van der Waals surface area contributed by atoms with Crippen LogP contribution >= 0.6 is 0 Å². The number of carbonyl (C=O) groups excluding carboxylic acids is 1. The Bertz CT molecular complexity index is 1520. The van der Waals surface area contributed by atoms with Crippen LogP contribution in [0.5, 0.6) is 5.75 Å². The fraction of sp³-hybridized carbons (Fsp3) is 0.0968. The second kappa shape index (κ2) is 12.3. The van der Waals surface area contributed by atoms with Crippen LogP contribution in [0.15, 0.2) is 102 Å². The van der Waals surface area contributed by atoms with Crippen LogP contribution < -0.4 is 4.74 Å². The topological polar surface area (TPSA) is 91.0 Å². The third-order valence-corrected chi connectivity index (χ3v) is 5.64. The number of hydrogen-bond acceptors (Lipinski definition) is 6. The monoisotopic (exact) mass is 506 g/mol. The highest BCUT2D eigenvalue weighted by Crippen LogP contribution is 2.32. The Morgan fingerprint density at radius 2 is 1.47 bits per heavy atom. The van der Waals surface area contributed by atoms with Crippen molar-refractivity contribution in [1.82, 2.24) is 0 Å². The van der Waals surface area contributed by atoms with Gasteiger partial charge in [0.15, 0.2) is 0 Å². The van der Waals surface area contributed by atoms with E-state index in [9.17, 15) is 14.9 Å². The molecule has 4 aromatic carbocycles. The van der Waals surface area contributed by atoms with Crippen molar-refractivity contribution in [2.75, 3.05) is 13.2 Å². The Hall–Kier alpha value is -5.04. The van der Waals surface area contributed by atoms with Gasteiger partial charge in [0, 0.05) is 34.7 Å². The first kappa shape index (κ1) is 26.0. The molecule has 4 aromatic rings. The van der Waals surface area contributed by atoms with Gasteiger partial charge in [-0.3, -0.25) is 15.1 Å². The van der Waals surface area contributed by atoms with E-state index in [0.717, 1.165) is 33.2 Å². The quantitative estimate of drug-likeness (QED) is 0.0433. The maximum atomic E-state index is 11.5.